The maximum atomic E-state index is 12.2. The fourth-order valence-electron chi connectivity index (χ4n) is 1.33. The molecule has 4 nitrogen and oxygen atoms in total. The standard InChI is InChI=1S/C12H17NO3S/c1-4-9-13(10-16-3)17(14,15)12-7-5-11(2)6-8-12/h4-9H,10H2,1-3H3/b9-4+. The van der Waals surface area contributed by atoms with Crippen molar-refractivity contribution >= 4 is 10.0 Å². The summed E-state index contributed by atoms with van der Waals surface area (Å²) in [6.45, 7) is 3.67. The Morgan fingerprint density at radius 3 is 2.35 bits per heavy atom. The zero-order chi connectivity index (χ0) is 12.9. The molecule has 1 aromatic rings. The van der Waals surface area contributed by atoms with Gasteiger partial charge in [0.25, 0.3) is 10.0 Å². The van der Waals surface area contributed by atoms with E-state index < -0.39 is 10.0 Å². The molecule has 1 rings (SSSR count). The van der Waals surface area contributed by atoms with Crippen LogP contribution in [-0.2, 0) is 14.8 Å². The van der Waals surface area contributed by atoms with E-state index in [0.717, 1.165) is 9.87 Å². The van der Waals surface area contributed by atoms with Crippen LogP contribution in [0.25, 0.3) is 0 Å². The number of hydrogen-bond acceptors (Lipinski definition) is 3. The van der Waals surface area contributed by atoms with Gasteiger partial charge in [0.05, 0.1) is 4.90 Å². The SMILES string of the molecule is C/C=C/N(COC)S(=O)(=O)c1ccc(C)cc1. The second-order valence-electron chi connectivity index (χ2n) is 3.61. The normalized spacial score (nSPS) is 11.9. The van der Waals surface area contributed by atoms with Crippen LogP contribution in [0.2, 0.25) is 0 Å². The molecule has 0 aliphatic rings. The highest BCUT2D eigenvalue weighted by atomic mass is 32.2. The lowest BCUT2D eigenvalue weighted by atomic mass is 10.2. The molecular formula is C12H17NO3S. The first-order valence-electron chi connectivity index (χ1n) is 5.22. The van der Waals surface area contributed by atoms with Crippen molar-refractivity contribution in [2.24, 2.45) is 0 Å². The second kappa shape index (κ2) is 5.84. The lowest BCUT2D eigenvalue weighted by molar-refractivity contribution is 0.140. The minimum absolute atomic E-state index is 0.000545. The van der Waals surface area contributed by atoms with Crippen molar-refractivity contribution in [2.75, 3.05) is 13.8 Å². The third-order valence-electron chi connectivity index (χ3n) is 2.20. The fourth-order valence-corrected chi connectivity index (χ4v) is 2.61. The molecule has 5 heteroatoms. The molecule has 0 aromatic heterocycles. The summed E-state index contributed by atoms with van der Waals surface area (Å²) < 4.78 is 30.5. The minimum atomic E-state index is -3.52. The van der Waals surface area contributed by atoms with Gasteiger partial charge in [0.15, 0.2) is 0 Å². The third kappa shape index (κ3) is 3.31. The lowest BCUT2D eigenvalue weighted by Crippen LogP contribution is -2.27. The minimum Gasteiger partial charge on any atom is -0.363 e. The number of hydrogen-bond donors (Lipinski definition) is 0. The van der Waals surface area contributed by atoms with E-state index >= 15 is 0 Å². The molecule has 1 aromatic carbocycles. The van der Waals surface area contributed by atoms with E-state index in [1.54, 1.807) is 37.3 Å². The molecule has 0 unspecified atom stereocenters. The predicted octanol–water partition coefficient (Wildman–Crippen LogP) is 2.12. The molecule has 0 aliphatic heterocycles. The number of allylic oxidation sites excluding steroid dienone is 1. The highest BCUT2D eigenvalue weighted by molar-refractivity contribution is 7.89. The summed E-state index contributed by atoms with van der Waals surface area (Å²) in [6.07, 6.45) is 3.14. The van der Waals surface area contributed by atoms with Gasteiger partial charge in [-0.15, -0.1) is 0 Å². The molecule has 0 saturated heterocycles. The molecule has 0 bridgehead atoms. The Morgan fingerprint density at radius 2 is 1.88 bits per heavy atom. The highest BCUT2D eigenvalue weighted by Gasteiger charge is 2.20. The van der Waals surface area contributed by atoms with E-state index in [1.165, 1.54) is 13.3 Å². The van der Waals surface area contributed by atoms with Crippen LogP contribution in [0.4, 0.5) is 0 Å². The zero-order valence-corrected chi connectivity index (χ0v) is 11.1. The number of ether oxygens (including phenoxy) is 1. The molecular weight excluding hydrogens is 238 g/mol. The lowest BCUT2D eigenvalue weighted by Gasteiger charge is -2.19. The van der Waals surface area contributed by atoms with Crippen molar-refractivity contribution in [3.05, 3.63) is 42.1 Å². The molecule has 17 heavy (non-hydrogen) atoms. The van der Waals surface area contributed by atoms with Gasteiger partial charge < -0.3 is 4.74 Å². The number of rotatable bonds is 5. The smallest absolute Gasteiger partial charge is 0.265 e. The summed E-state index contributed by atoms with van der Waals surface area (Å²) in [4.78, 5) is 0.262. The van der Waals surface area contributed by atoms with Gasteiger partial charge in [0.2, 0.25) is 0 Å². The van der Waals surface area contributed by atoms with Gasteiger partial charge >= 0.3 is 0 Å². The van der Waals surface area contributed by atoms with Crippen LogP contribution in [0.15, 0.2) is 41.4 Å². The molecule has 94 valence electrons. The monoisotopic (exact) mass is 255 g/mol. The van der Waals surface area contributed by atoms with Crippen LogP contribution in [-0.4, -0.2) is 26.6 Å². The Labute approximate surface area is 103 Å². The van der Waals surface area contributed by atoms with Crippen LogP contribution in [0.1, 0.15) is 12.5 Å². The van der Waals surface area contributed by atoms with E-state index in [0.29, 0.717) is 0 Å². The summed E-state index contributed by atoms with van der Waals surface area (Å²) in [5, 5.41) is 0. The first-order chi connectivity index (χ1) is 8.02. The van der Waals surface area contributed by atoms with Crippen molar-refractivity contribution in [1.29, 1.82) is 0 Å². The summed E-state index contributed by atoms with van der Waals surface area (Å²) >= 11 is 0. The van der Waals surface area contributed by atoms with E-state index in [2.05, 4.69) is 0 Å². The summed E-state index contributed by atoms with van der Waals surface area (Å²) in [5.74, 6) is 0. The predicted molar refractivity (Wildman–Crippen MR) is 66.9 cm³/mol. The van der Waals surface area contributed by atoms with Crippen LogP contribution in [0.5, 0.6) is 0 Å². The molecule has 0 radical (unpaired) electrons. The van der Waals surface area contributed by atoms with Gasteiger partial charge in [0.1, 0.15) is 6.73 Å². The molecule has 0 amide bonds. The zero-order valence-electron chi connectivity index (χ0n) is 10.3. The highest BCUT2D eigenvalue weighted by Crippen LogP contribution is 2.16. The average Bonchev–Trinajstić information content (AvgIpc) is 2.29. The third-order valence-corrected chi connectivity index (χ3v) is 3.91. The molecule has 0 saturated carbocycles. The Bertz CT molecular complexity index is 477. The van der Waals surface area contributed by atoms with E-state index in [9.17, 15) is 8.42 Å². The first kappa shape index (κ1) is 13.7. The first-order valence-corrected chi connectivity index (χ1v) is 6.66. The average molecular weight is 255 g/mol. The van der Waals surface area contributed by atoms with E-state index in [1.807, 2.05) is 6.92 Å². The van der Waals surface area contributed by atoms with Gasteiger partial charge in [-0.2, -0.15) is 0 Å². The van der Waals surface area contributed by atoms with Gasteiger partial charge in [0, 0.05) is 13.3 Å². The van der Waals surface area contributed by atoms with Gasteiger partial charge in [-0.1, -0.05) is 23.8 Å². The topological polar surface area (TPSA) is 46.6 Å². The maximum absolute atomic E-state index is 12.2. The Balaban J connectivity index is 3.11. The van der Waals surface area contributed by atoms with Crippen molar-refractivity contribution in [3.63, 3.8) is 0 Å². The summed E-state index contributed by atoms with van der Waals surface area (Å²) in [6, 6.07) is 6.73. The number of sulfonamides is 1. The molecule has 0 fully saturated rings. The molecule has 0 aliphatic carbocycles. The quantitative estimate of drug-likeness (QED) is 0.757. The molecule has 0 N–H and O–H groups in total. The number of methoxy groups -OCH3 is 1. The van der Waals surface area contributed by atoms with Crippen molar-refractivity contribution in [1.82, 2.24) is 4.31 Å². The Kier molecular flexibility index (Phi) is 4.72. The maximum Gasteiger partial charge on any atom is 0.265 e. The van der Waals surface area contributed by atoms with Crippen LogP contribution >= 0.6 is 0 Å². The van der Waals surface area contributed by atoms with Gasteiger partial charge in [-0.3, -0.25) is 0 Å². The van der Waals surface area contributed by atoms with Gasteiger partial charge in [-0.05, 0) is 26.0 Å². The number of aryl methyl sites for hydroxylation is 1. The van der Waals surface area contributed by atoms with Crippen molar-refractivity contribution < 1.29 is 13.2 Å². The van der Waals surface area contributed by atoms with Crippen molar-refractivity contribution in [2.45, 2.75) is 18.7 Å². The summed E-state index contributed by atoms with van der Waals surface area (Å²) in [5.41, 5.74) is 1.02. The Morgan fingerprint density at radius 1 is 1.29 bits per heavy atom. The Hall–Kier alpha value is -1.33. The van der Waals surface area contributed by atoms with Gasteiger partial charge in [-0.25, -0.2) is 12.7 Å². The van der Waals surface area contributed by atoms with Crippen LogP contribution in [0.3, 0.4) is 0 Å². The largest absolute Gasteiger partial charge is 0.363 e. The fraction of sp³-hybridized carbons (Fsp3) is 0.333. The summed E-state index contributed by atoms with van der Waals surface area (Å²) in [7, 11) is -2.06. The van der Waals surface area contributed by atoms with Crippen LogP contribution < -0.4 is 0 Å². The van der Waals surface area contributed by atoms with Crippen molar-refractivity contribution in [3.8, 4) is 0 Å². The van der Waals surface area contributed by atoms with Crippen LogP contribution in [0, 0.1) is 6.92 Å². The molecule has 0 heterocycles. The number of nitrogens with zero attached hydrogens (tertiary/aromatic N) is 1. The second-order valence-corrected chi connectivity index (χ2v) is 5.50. The molecule has 0 spiro atoms. The molecule has 0 atom stereocenters. The number of benzene rings is 1. The van der Waals surface area contributed by atoms with E-state index in [-0.39, 0.29) is 11.6 Å². The van der Waals surface area contributed by atoms with E-state index in [4.69, 9.17) is 4.74 Å².